The van der Waals surface area contributed by atoms with Crippen LogP contribution in [0.4, 0.5) is 5.69 Å². The van der Waals surface area contributed by atoms with Crippen molar-refractivity contribution in [2.45, 2.75) is 38.5 Å². The molecule has 3 rings (SSSR count). The number of rotatable bonds is 4. The number of amides is 1. The van der Waals surface area contributed by atoms with Crippen molar-refractivity contribution >= 4 is 11.6 Å². The first kappa shape index (κ1) is 15.3. The van der Waals surface area contributed by atoms with Gasteiger partial charge in [-0.05, 0) is 31.9 Å². The second kappa shape index (κ2) is 6.67. The zero-order valence-electron chi connectivity index (χ0n) is 13.3. The van der Waals surface area contributed by atoms with Gasteiger partial charge in [0.25, 0.3) is 0 Å². The van der Waals surface area contributed by atoms with Crippen molar-refractivity contribution in [3.63, 3.8) is 0 Å². The molecule has 0 bridgehead atoms. The Balaban J connectivity index is 1.52. The number of anilines is 1. The molecule has 0 spiro atoms. The van der Waals surface area contributed by atoms with Crippen LogP contribution in [0.5, 0.6) is 0 Å². The molecule has 0 radical (unpaired) electrons. The van der Waals surface area contributed by atoms with Crippen molar-refractivity contribution in [3.05, 3.63) is 29.8 Å². The number of fused-ring (bicyclic) bond motifs is 1. The number of hydrogen-bond donors (Lipinski definition) is 2. The number of carbonyl (C=O) groups is 1. The first-order chi connectivity index (χ1) is 10.7. The normalized spacial score (nSPS) is 27.5. The maximum atomic E-state index is 12.2. The maximum Gasteiger partial charge on any atom is 0.239 e. The average molecular weight is 303 g/mol. The molecule has 2 aliphatic heterocycles. The Bertz CT molecular complexity index is 534. The molecule has 22 heavy (non-hydrogen) atoms. The van der Waals surface area contributed by atoms with Crippen LogP contribution in [0.25, 0.3) is 0 Å². The smallest absolute Gasteiger partial charge is 0.239 e. The summed E-state index contributed by atoms with van der Waals surface area (Å²) in [5, 5.41) is 6.26. The van der Waals surface area contributed by atoms with Gasteiger partial charge in [0.1, 0.15) is 6.04 Å². The standard InChI is InChI=1S/C17H25N3O2/c1-12-11-14-5-3-4-6-15(14)20(12)9-7-19-17(21)16-13(2)22-10-8-18-16/h3-6,12-13,16,18H,7-11H2,1-2H3,(H,19,21)/t12?,13-,16+/m1/s1. The van der Waals surface area contributed by atoms with Gasteiger partial charge in [-0.25, -0.2) is 0 Å². The lowest BCUT2D eigenvalue weighted by Crippen LogP contribution is -2.56. The Kier molecular flexibility index (Phi) is 4.64. The van der Waals surface area contributed by atoms with Crippen LogP contribution in [-0.4, -0.2) is 50.3 Å². The van der Waals surface area contributed by atoms with E-state index in [1.165, 1.54) is 11.3 Å². The summed E-state index contributed by atoms with van der Waals surface area (Å²) in [4.78, 5) is 14.6. The monoisotopic (exact) mass is 303 g/mol. The summed E-state index contributed by atoms with van der Waals surface area (Å²) >= 11 is 0. The van der Waals surface area contributed by atoms with Crippen LogP contribution in [-0.2, 0) is 16.0 Å². The third-order valence-corrected chi connectivity index (χ3v) is 4.60. The third-order valence-electron chi connectivity index (χ3n) is 4.60. The lowest BCUT2D eigenvalue weighted by molar-refractivity contribution is -0.128. The van der Waals surface area contributed by atoms with E-state index in [2.05, 4.69) is 46.7 Å². The van der Waals surface area contributed by atoms with E-state index < -0.39 is 0 Å². The quantitative estimate of drug-likeness (QED) is 0.869. The number of hydrogen-bond acceptors (Lipinski definition) is 4. The van der Waals surface area contributed by atoms with E-state index in [1.54, 1.807) is 0 Å². The van der Waals surface area contributed by atoms with Gasteiger partial charge in [0.2, 0.25) is 5.91 Å². The van der Waals surface area contributed by atoms with Gasteiger partial charge < -0.3 is 20.3 Å². The van der Waals surface area contributed by atoms with E-state index in [-0.39, 0.29) is 18.1 Å². The Morgan fingerprint density at radius 1 is 1.41 bits per heavy atom. The fraction of sp³-hybridized carbons (Fsp3) is 0.588. The summed E-state index contributed by atoms with van der Waals surface area (Å²) < 4.78 is 5.52. The van der Waals surface area contributed by atoms with E-state index in [9.17, 15) is 4.79 Å². The molecule has 1 saturated heterocycles. The van der Waals surface area contributed by atoms with Crippen LogP contribution in [0.1, 0.15) is 19.4 Å². The molecular formula is C17H25N3O2. The number of para-hydroxylation sites is 1. The first-order valence-electron chi connectivity index (χ1n) is 8.14. The molecule has 0 saturated carbocycles. The van der Waals surface area contributed by atoms with Gasteiger partial charge in [-0.3, -0.25) is 4.79 Å². The molecule has 1 aromatic rings. The maximum absolute atomic E-state index is 12.2. The molecule has 0 aromatic heterocycles. The third kappa shape index (κ3) is 3.10. The molecule has 1 unspecified atom stereocenters. The average Bonchev–Trinajstić information content (AvgIpc) is 2.83. The largest absolute Gasteiger partial charge is 0.375 e. The fourth-order valence-electron chi connectivity index (χ4n) is 3.41. The lowest BCUT2D eigenvalue weighted by atomic mass is 10.1. The molecule has 1 amide bonds. The molecule has 0 aliphatic carbocycles. The Morgan fingerprint density at radius 2 is 2.23 bits per heavy atom. The number of morpholine rings is 1. The summed E-state index contributed by atoms with van der Waals surface area (Å²) in [6, 6.07) is 8.77. The SMILES string of the molecule is CC1Cc2ccccc2N1CCNC(=O)[C@H]1NCCO[C@@H]1C. The van der Waals surface area contributed by atoms with E-state index in [1.807, 2.05) is 6.92 Å². The van der Waals surface area contributed by atoms with Gasteiger partial charge in [-0.1, -0.05) is 18.2 Å². The number of ether oxygens (including phenoxy) is 1. The topological polar surface area (TPSA) is 53.6 Å². The number of carbonyl (C=O) groups excluding carboxylic acids is 1. The van der Waals surface area contributed by atoms with Crippen LogP contribution in [0.15, 0.2) is 24.3 Å². The first-order valence-corrected chi connectivity index (χ1v) is 8.14. The molecule has 3 atom stereocenters. The highest BCUT2D eigenvalue weighted by Gasteiger charge is 2.29. The van der Waals surface area contributed by atoms with Crippen molar-refractivity contribution in [2.75, 3.05) is 31.1 Å². The van der Waals surface area contributed by atoms with Gasteiger partial charge >= 0.3 is 0 Å². The highest BCUT2D eigenvalue weighted by atomic mass is 16.5. The number of benzene rings is 1. The van der Waals surface area contributed by atoms with Crippen LogP contribution in [0.2, 0.25) is 0 Å². The van der Waals surface area contributed by atoms with E-state index in [0.29, 0.717) is 19.2 Å². The van der Waals surface area contributed by atoms with E-state index in [0.717, 1.165) is 19.5 Å². The van der Waals surface area contributed by atoms with E-state index in [4.69, 9.17) is 4.74 Å². The molecule has 1 aromatic carbocycles. The predicted molar refractivity (Wildman–Crippen MR) is 87.2 cm³/mol. The van der Waals surface area contributed by atoms with Gasteiger partial charge in [0, 0.05) is 31.4 Å². The summed E-state index contributed by atoms with van der Waals surface area (Å²) in [7, 11) is 0. The predicted octanol–water partition coefficient (Wildman–Crippen LogP) is 0.931. The molecule has 2 aliphatic rings. The van der Waals surface area contributed by atoms with Crippen LogP contribution in [0, 0.1) is 0 Å². The van der Waals surface area contributed by atoms with Crippen molar-refractivity contribution in [1.29, 1.82) is 0 Å². The van der Waals surface area contributed by atoms with Crippen LogP contribution < -0.4 is 15.5 Å². The van der Waals surface area contributed by atoms with Gasteiger partial charge in [-0.15, -0.1) is 0 Å². The van der Waals surface area contributed by atoms with Crippen molar-refractivity contribution in [3.8, 4) is 0 Å². The Hall–Kier alpha value is -1.59. The molecule has 2 N–H and O–H groups in total. The molecule has 1 fully saturated rings. The van der Waals surface area contributed by atoms with E-state index >= 15 is 0 Å². The highest BCUT2D eigenvalue weighted by Crippen LogP contribution is 2.31. The molecule has 2 heterocycles. The van der Waals surface area contributed by atoms with Gasteiger partial charge in [0.15, 0.2) is 0 Å². The second-order valence-electron chi connectivity index (χ2n) is 6.17. The summed E-state index contributed by atoms with van der Waals surface area (Å²) in [5.41, 5.74) is 2.70. The summed E-state index contributed by atoms with van der Waals surface area (Å²) in [6.07, 6.45) is 1.01. The Morgan fingerprint density at radius 3 is 3.05 bits per heavy atom. The van der Waals surface area contributed by atoms with Crippen molar-refractivity contribution < 1.29 is 9.53 Å². The minimum Gasteiger partial charge on any atom is -0.375 e. The highest BCUT2D eigenvalue weighted by molar-refractivity contribution is 5.82. The van der Waals surface area contributed by atoms with Gasteiger partial charge in [-0.2, -0.15) is 0 Å². The zero-order chi connectivity index (χ0) is 15.5. The lowest BCUT2D eigenvalue weighted by Gasteiger charge is -2.30. The molecule has 5 heteroatoms. The minimum atomic E-state index is -0.239. The summed E-state index contributed by atoms with van der Waals surface area (Å²) in [5.74, 6) is 0.0346. The van der Waals surface area contributed by atoms with Crippen LogP contribution >= 0.6 is 0 Å². The molecular weight excluding hydrogens is 278 g/mol. The van der Waals surface area contributed by atoms with Crippen LogP contribution in [0.3, 0.4) is 0 Å². The Labute approximate surface area is 132 Å². The molecule has 5 nitrogen and oxygen atoms in total. The van der Waals surface area contributed by atoms with Crippen molar-refractivity contribution in [1.82, 2.24) is 10.6 Å². The number of nitrogens with zero attached hydrogens (tertiary/aromatic N) is 1. The summed E-state index contributed by atoms with van der Waals surface area (Å²) in [6.45, 7) is 7.08. The van der Waals surface area contributed by atoms with Crippen molar-refractivity contribution in [2.24, 2.45) is 0 Å². The molecule has 120 valence electrons. The second-order valence-corrected chi connectivity index (χ2v) is 6.17. The fourth-order valence-corrected chi connectivity index (χ4v) is 3.41. The minimum absolute atomic E-state index is 0.0346. The zero-order valence-corrected chi connectivity index (χ0v) is 13.3. The van der Waals surface area contributed by atoms with Gasteiger partial charge in [0.05, 0.1) is 12.7 Å². The number of nitrogens with one attached hydrogen (secondary N) is 2.